The highest BCUT2D eigenvalue weighted by atomic mass is 16.5. The Kier molecular flexibility index (Phi) is 2.96. The molecule has 1 heterocycles. The molecule has 1 aromatic carbocycles. The van der Waals surface area contributed by atoms with Crippen molar-refractivity contribution in [1.29, 1.82) is 0 Å². The van der Waals surface area contributed by atoms with Crippen molar-refractivity contribution < 1.29 is 9.47 Å². The van der Waals surface area contributed by atoms with E-state index in [2.05, 4.69) is 4.99 Å². The summed E-state index contributed by atoms with van der Waals surface area (Å²) in [5.74, 6) is 1.60. The van der Waals surface area contributed by atoms with Gasteiger partial charge in [0.05, 0.1) is 13.2 Å². The maximum atomic E-state index is 5.97. The van der Waals surface area contributed by atoms with Crippen molar-refractivity contribution in [1.82, 2.24) is 0 Å². The molecule has 0 spiro atoms. The van der Waals surface area contributed by atoms with Gasteiger partial charge in [-0.05, 0) is 37.1 Å². The average molecular weight is 246 g/mol. The van der Waals surface area contributed by atoms with Crippen LogP contribution < -0.4 is 10.5 Å². The van der Waals surface area contributed by atoms with Gasteiger partial charge in [0.25, 0.3) is 0 Å². The lowest BCUT2D eigenvalue weighted by Crippen LogP contribution is -2.37. The zero-order valence-corrected chi connectivity index (χ0v) is 10.5. The van der Waals surface area contributed by atoms with Crippen LogP contribution in [0.2, 0.25) is 0 Å². The monoisotopic (exact) mass is 246 g/mol. The number of hydrogen-bond donors (Lipinski definition) is 1. The van der Waals surface area contributed by atoms with Gasteiger partial charge in [-0.1, -0.05) is 0 Å². The molecule has 96 valence electrons. The van der Waals surface area contributed by atoms with Crippen molar-refractivity contribution >= 4 is 5.90 Å². The van der Waals surface area contributed by atoms with Gasteiger partial charge in [-0.3, -0.25) is 0 Å². The molecular weight excluding hydrogens is 228 g/mol. The minimum absolute atomic E-state index is 0.172. The van der Waals surface area contributed by atoms with Crippen molar-refractivity contribution in [3.63, 3.8) is 0 Å². The van der Waals surface area contributed by atoms with Crippen LogP contribution in [-0.4, -0.2) is 31.2 Å². The van der Waals surface area contributed by atoms with E-state index in [4.69, 9.17) is 15.2 Å². The molecule has 4 heteroatoms. The molecule has 0 amide bonds. The van der Waals surface area contributed by atoms with E-state index in [9.17, 15) is 0 Å². The number of nitrogens with zero attached hydrogens (tertiary/aromatic N) is 1. The van der Waals surface area contributed by atoms with Crippen LogP contribution in [0.25, 0.3) is 0 Å². The number of aliphatic imine (C=N–C) groups is 1. The third kappa shape index (κ3) is 2.08. The van der Waals surface area contributed by atoms with Crippen molar-refractivity contribution in [2.75, 3.05) is 7.11 Å². The Morgan fingerprint density at radius 1 is 1.28 bits per heavy atom. The molecule has 2 N–H and O–H groups in total. The molecule has 18 heavy (non-hydrogen) atoms. The van der Waals surface area contributed by atoms with E-state index in [0.717, 1.165) is 36.5 Å². The average Bonchev–Trinajstić information content (AvgIpc) is 2.81. The fraction of sp³-hybridized carbons (Fsp3) is 0.500. The molecule has 4 nitrogen and oxygen atoms in total. The molecule has 0 radical (unpaired) electrons. The first-order valence-electron chi connectivity index (χ1n) is 6.41. The van der Waals surface area contributed by atoms with Crippen molar-refractivity contribution in [3.8, 4) is 5.75 Å². The molecule has 0 aromatic heterocycles. The number of ether oxygens (including phenoxy) is 2. The molecule has 3 unspecified atom stereocenters. The fourth-order valence-electron chi connectivity index (χ4n) is 2.62. The number of benzene rings is 1. The van der Waals surface area contributed by atoms with Gasteiger partial charge in [-0.25, -0.2) is 4.99 Å². The van der Waals surface area contributed by atoms with E-state index in [1.165, 1.54) is 0 Å². The van der Waals surface area contributed by atoms with E-state index < -0.39 is 0 Å². The van der Waals surface area contributed by atoms with Gasteiger partial charge >= 0.3 is 0 Å². The lowest BCUT2D eigenvalue weighted by molar-refractivity contribution is 0.142. The number of rotatable bonds is 2. The van der Waals surface area contributed by atoms with Crippen molar-refractivity contribution in [2.45, 2.75) is 37.5 Å². The summed E-state index contributed by atoms with van der Waals surface area (Å²) in [6, 6.07) is 8.37. The third-order valence-electron chi connectivity index (χ3n) is 3.68. The van der Waals surface area contributed by atoms with Crippen LogP contribution in [0.15, 0.2) is 29.3 Å². The first kappa shape index (κ1) is 11.5. The molecule has 1 aromatic rings. The molecule has 2 aliphatic rings. The summed E-state index contributed by atoms with van der Waals surface area (Å²) in [7, 11) is 1.66. The lowest BCUT2D eigenvalue weighted by Gasteiger charge is -2.26. The summed E-state index contributed by atoms with van der Waals surface area (Å²) >= 11 is 0. The van der Waals surface area contributed by atoms with Gasteiger partial charge < -0.3 is 15.2 Å². The lowest BCUT2D eigenvalue weighted by atomic mass is 9.90. The first-order chi connectivity index (χ1) is 8.76. The molecule has 1 saturated carbocycles. The topological polar surface area (TPSA) is 56.8 Å². The number of nitrogens with two attached hydrogens (primary N) is 1. The maximum Gasteiger partial charge on any atom is 0.216 e. The SMILES string of the molecule is COc1ccc(C2=NC3CCC(N)CC3O2)cc1. The van der Waals surface area contributed by atoms with Gasteiger partial charge in [-0.2, -0.15) is 0 Å². The van der Waals surface area contributed by atoms with Crippen LogP contribution in [0.5, 0.6) is 5.75 Å². The second kappa shape index (κ2) is 4.61. The highest BCUT2D eigenvalue weighted by Gasteiger charge is 2.36. The van der Waals surface area contributed by atoms with E-state index in [-0.39, 0.29) is 12.1 Å². The molecule has 3 atom stereocenters. The van der Waals surface area contributed by atoms with Crippen molar-refractivity contribution in [3.05, 3.63) is 29.8 Å². The van der Waals surface area contributed by atoms with Gasteiger partial charge in [0, 0.05) is 18.0 Å². The fourth-order valence-corrected chi connectivity index (χ4v) is 2.62. The predicted octanol–water partition coefficient (Wildman–Crippen LogP) is 1.72. The Balaban J connectivity index is 1.77. The van der Waals surface area contributed by atoms with Crippen LogP contribution >= 0.6 is 0 Å². The molecule has 1 aliphatic heterocycles. The molecule has 1 fully saturated rings. The summed E-state index contributed by atoms with van der Waals surface area (Å²) < 4.78 is 11.1. The summed E-state index contributed by atoms with van der Waals surface area (Å²) in [6.45, 7) is 0. The minimum atomic E-state index is 0.172. The summed E-state index contributed by atoms with van der Waals surface area (Å²) in [5, 5.41) is 0. The van der Waals surface area contributed by atoms with E-state index in [1.54, 1.807) is 7.11 Å². The largest absolute Gasteiger partial charge is 0.497 e. The Bertz CT molecular complexity index is 455. The highest BCUT2D eigenvalue weighted by Crippen LogP contribution is 2.30. The molecule has 3 rings (SSSR count). The summed E-state index contributed by atoms with van der Waals surface area (Å²) in [6.07, 6.45) is 3.16. The smallest absolute Gasteiger partial charge is 0.216 e. The van der Waals surface area contributed by atoms with Gasteiger partial charge in [0.1, 0.15) is 11.9 Å². The Labute approximate surface area is 107 Å². The van der Waals surface area contributed by atoms with Crippen LogP contribution in [-0.2, 0) is 4.74 Å². The van der Waals surface area contributed by atoms with Crippen molar-refractivity contribution in [2.24, 2.45) is 10.7 Å². The number of hydrogen-bond acceptors (Lipinski definition) is 4. The van der Waals surface area contributed by atoms with Gasteiger partial charge in [-0.15, -0.1) is 0 Å². The number of fused-ring (bicyclic) bond motifs is 1. The Morgan fingerprint density at radius 3 is 2.78 bits per heavy atom. The number of methoxy groups -OCH3 is 1. The van der Waals surface area contributed by atoms with Gasteiger partial charge in [0.2, 0.25) is 5.90 Å². The molecular formula is C14H18N2O2. The zero-order valence-electron chi connectivity index (χ0n) is 10.5. The van der Waals surface area contributed by atoms with Crippen LogP contribution in [0.4, 0.5) is 0 Å². The second-order valence-electron chi connectivity index (χ2n) is 4.96. The highest BCUT2D eigenvalue weighted by molar-refractivity contribution is 5.95. The van der Waals surface area contributed by atoms with Crippen LogP contribution in [0.1, 0.15) is 24.8 Å². The van der Waals surface area contributed by atoms with Crippen LogP contribution in [0, 0.1) is 0 Å². The summed E-state index contributed by atoms with van der Waals surface area (Å²) in [4.78, 5) is 4.67. The first-order valence-corrected chi connectivity index (χ1v) is 6.41. The zero-order chi connectivity index (χ0) is 12.5. The maximum absolute atomic E-state index is 5.97. The van der Waals surface area contributed by atoms with E-state index >= 15 is 0 Å². The molecule has 1 aliphatic carbocycles. The molecule has 0 bridgehead atoms. The molecule has 0 saturated heterocycles. The standard InChI is InChI=1S/C14H18N2O2/c1-17-11-5-2-9(3-6-11)14-16-12-7-4-10(15)8-13(12)18-14/h2-3,5-6,10,12-13H,4,7-8,15H2,1H3. The van der Waals surface area contributed by atoms with Gasteiger partial charge in [0.15, 0.2) is 0 Å². The van der Waals surface area contributed by atoms with E-state index in [0.29, 0.717) is 6.04 Å². The van der Waals surface area contributed by atoms with E-state index in [1.807, 2.05) is 24.3 Å². The minimum Gasteiger partial charge on any atom is -0.497 e. The Morgan fingerprint density at radius 2 is 2.06 bits per heavy atom. The summed E-state index contributed by atoms with van der Waals surface area (Å²) in [5.41, 5.74) is 6.98. The Hall–Kier alpha value is -1.55. The third-order valence-corrected chi connectivity index (χ3v) is 3.68. The predicted molar refractivity (Wildman–Crippen MR) is 70.0 cm³/mol. The normalized spacial score (nSPS) is 30.3. The quantitative estimate of drug-likeness (QED) is 0.864. The van der Waals surface area contributed by atoms with Crippen LogP contribution in [0.3, 0.4) is 0 Å². The second-order valence-corrected chi connectivity index (χ2v) is 4.96.